The lowest BCUT2D eigenvalue weighted by Gasteiger charge is -2.15. The van der Waals surface area contributed by atoms with Crippen LogP contribution in [-0.4, -0.2) is 48.2 Å². The van der Waals surface area contributed by atoms with Crippen molar-refractivity contribution in [3.8, 4) is 5.75 Å². The van der Waals surface area contributed by atoms with Crippen LogP contribution in [0.5, 0.6) is 5.75 Å². The lowest BCUT2D eigenvalue weighted by atomic mass is 10.3. The molecule has 1 aliphatic heterocycles. The van der Waals surface area contributed by atoms with Crippen molar-refractivity contribution >= 4 is 27.5 Å². The van der Waals surface area contributed by atoms with Crippen molar-refractivity contribution in [2.75, 3.05) is 32.8 Å². The summed E-state index contributed by atoms with van der Waals surface area (Å²) < 4.78 is 9.11. The molecule has 1 aromatic carbocycles. The number of para-hydroxylation sites is 1. The second-order valence-corrected chi connectivity index (χ2v) is 8.54. The number of rotatable bonds is 8. The molecule has 4 rings (SSSR count). The lowest BCUT2D eigenvalue weighted by molar-refractivity contribution is 0.0940. The third-order valence-corrected chi connectivity index (χ3v) is 6.17. The molecule has 0 saturated carbocycles. The number of likely N-dealkylation sites (tertiary alicyclic amines) is 1. The van der Waals surface area contributed by atoms with Gasteiger partial charge in [-0.2, -0.15) is 0 Å². The summed E-state index contributed by atoms with van der Waals surface area (Å²) in [6, 6.07) is 14.0. The van der Waals surface area contributed by atoms with Crippen LogP contribution in [0, 0.1) is 6.92 Å². The minimum atomic E-state index is -0.0000360. The van der Waals surface area contributed by atoms with E-state index in [-0.39, 0.29) is 5.91 Å². The van der Waals surface area contributed by atoms with Crippen LogP contribution in [-0.2, 0) is 6.54 Å². The Balaban J connectivity index is 1.43. The first-order valence-corrected chi connectivity index (χ1v) is 10.8. The molecule has 2 aromatic heterocycles. The van der Waals surface area contributed by atoms with Crippen LogP contribution in [0.4, 0.5) is 0 Å². The van der Waals surface area contributed by atoms with Crippen LogP contribution in [0.25, 0.3) is 10.2 Å². The summed E-state index contributed by atoms with van der Waals surface area (Å²) in [5.74, 6) is 0.851. The summed E-state index contributed by atoms with van der Waals surface area (Å²) in [5, 5.41) is 3.10. The number of hydrogen-bond acceptors (Lipinski definition) is 4. The highest BCUT2D eigenvalue weighted by molar-refractivity contribution is 7.19. The molecule has 28 heavy (non-hydrogen) atoms. The van der Waals surface area contributed by atoms with Gasteiger partial charge in [-0.3, -0.25) is 4.79 Å². The number of carbonyl (C=O) groups excluding carboxylic acids is 1. The Labute approximate surface area is 169 Å². The van der Waals surface area contributed by atoms with Gasteiger partial charge < -0.3 is 19.5 Å². The van der Waals surface area contributed by atoms with Gasteiger partial charge in [0.2, 0.25) is 0 Å². The molecule has 1 aliphatic rings. The van der Waals surface area contributed by atoms with Gasteiger partial charge in [0, 0.05) is 18.0 Å². The fourth-order valence-corrected chi connectivity index (χ4v) is 4.75. The van der Waals surface area contributed by atoms with Crippen LogP contribution >= 0.6 is 11.3 Å². The van der Waals surface area contributed by atoms with Crippen LogP contribution in [0.3, 0.4) is 0 Å². The SMILES string of the molecule is Cc1cc2c(cc(C(=O)NCCN3CCCC3)n2CCOc2ccccc2)s1. The average Bonchev–Trinajstić information content (AvgIpc) is 3.40. The van der Waals surface area contributed by atoms with Gasteiger partial charge in [-0.25, -0.2) is 0 Å². The molecule has 3 heterocycles. The van der Waals surface area contributed by atoms with Crippen LogP contribution in [0.2, 0.25) is 0 Å². The highest BCUT2D eigenvalue weighted by atomic mass is 32.1. The third kappa shape index (κ3) is 4.39. The molecule has 0 unspecified atom stereocenters. The monoisotopic (exact) mass is 397 g/mol. The van der Waals surface area contributed by atoms with Crippen LogP contribution < -0.4 is 10.1 Å². The maximum atomic E-state index is 12.8. The minimum absolute atomic E-state index is 0.0000360. The number of amides is 1. The zero-order valence-corrected chi connectivity index (χ0v) is 17.1. The molecule has 1 amide bonds. The molecular weight excluding hydrogens is 370 g/mol. The van der Waals surface area contributed by atoms with Gasteiger partial charge in [0.15, 0.2) is 0 Å². The zero-order valence-electron chi connectivity index (χ0n) is 16.3. The first-order valence-electron chi connectivity index (χ1n) is 9.99. The molecule has 0 bridgehead atoms. The molecule has 0 radical (unpaired) electrons. The van der Waals surface area contributed by atoms with Crippen molar-refractivity contribution in [1.82, 2.24) is 14.8 Å². The smallest absolute Gasteiger partial charge is 0.268 e. The predicted octanol–water partition coefficient (Wildman–Crippen LogP) is 3.92. The Bertz CT molecular complexity index is 926. The van der Waals surface area contributed by atoms with Crippen molar-refractivity contribution in [3.63, 3.8) is 0 Å². The summed E-state index contributed by atoms with van der Waals surface area (Å²) in [5.41, 5.74) is 1.84. The number of nitrogens with one attached hydrogen (secondary N) is 1. The van der Waals surface area contributed by atoms with Crippen molar-refractivity contribution < 1.29 is 9.53 Å². The van der Waals surface area contributed by atoms with E-state index >= 15 is 0 Å². The number of aromatic nitrogens is 1. The highest BCUT2D eigenvalue weighted by Crippen LogP contribution is 2.28. The predicted molar refractivity (Wildman–Crippen MR) is 114 cm³/mol. The number of fused-ring (bicyclic) bond motifs is 1. The summed E-state index contributed by atoms with van der Waals surface area (Å²) in [6.07, 6.45) is 2.54. The number of aryl methyl sites for hydroxylation is 1. The second kappa shape index (κ2) is 8.80. The molecule has 0 atom stereocenters. The van der Waals surface area contributed by atoms with E-state index in [4.69, 9.17) is 4.74 Å². The van der Waals surface area contributed by atoms with Crippen LogP contribution in [0.1, 0.15) is 28.2 Å². The number of nitrogens with zero attached hydrogens (tertiary/aromatic N) is 2. The molecule has 1 fully saturated rings. The Morgan fingerprint density at radius 3 is 2.71 bits per heavy atom. The van der Waals surface area contributed by atoms with E-state index in [1.54, 1.807) is 11.3 Å². The molecule has 3 aromatic rings. The summed E-state index contributed by atoms with van der Waals surface area (Å²) in [4.78, 5) is 16.5. The molecular formula is C22H27N3O2S. The zero-order chi connectivity index (χ0) is 19.3. The summed E-state index contributed by atoms with van der Waals surface area (Å²) in [7, 11) is 0. The largest absolute Gasteiger partial charge is 0.492 e. The van der Waals surface area contributed by atoms with Gasteiger partial charge in [0.1, 0.15) is 18.1 Å². The second-order valence-electron chi connectivity index (χ2n) is 7.25. The molecule has 148 valence electrons. The lowest BCUT2D eigenvalue weighted by Crippen LogP contribution is -2.34. The standard InChI is InChI=1S/C22H27N3O2S/c1-17-15-19-21(28-17)16-20(22(26)23-9-12-24-10-5-6-11-24)25(19)13-14-27-18-7-3-2-4-8-18/h2-4,7-8,15-16H,5-6,9-14H2,1H3,(H,23,26). The molecule has 0 aliphatic carbocycles. The Kier molecular flexibility index (Phi) is 5.98. The van der Waals surface area contributed by atoms with Crippen molar-refractivity contribution in [1.29, 1.82) is 0 Å². The van der Waals surface area contributed by atoms with E-state index in [2.05, 4.69) is 27.8 Å². The first kappa shape index (κ1) is 19.0. The Hall–Kier alpha value is -2.31. The van der Waals surface area contributed by atoms with E-state index in [0.717, 1.165) is 41.3 Å². The number of hydrogen-bond donors (Lipinski definition) is 1. The summed E-state index contributed by atoms with van der Waals surface area (Å²) >= 11 is 1.73. The quantitative estimate of drug-likeness (QED) is 0.627. The summed E-state index contributed by atoms with van der Waals surface area (Å²) in [6.45, 7) is 7.19. The number of benzene rings is 1. The number of thiophene rings is 1. The maximum absolute atomic E-state index is 12.8. The minimum Gasteiger partial charge on any atom is -0.492 e. The molecule has 1 N–H and O–H groups in total. The topological polar surface area (TPSA) is 46.5 Å². The van der Waals surface area contributed by atoms with Gasteiger partial charge >= 0.3 is 0 Å². The van der Waals surface area contributed by atoms with E-state index in [1.165, 1.54) is 17.7 Å². The third-order valence-electron chi connectivity index (χ3n) is 5.18. The molecule has 1 saturated heterocycles. The Morgan fingerprint density at radius 1 is 1.14 bits per heavy atom. The number of ether oxygens (including phenoxy) is 1. The normalized spacial score (nSPS) is 14.6. The van der Waals surface area contributed by atoms with Gasteiger partial charge in [0.05, 0.1) is 16.8 Å². The molecule has 6 heteroatoms. The highest BCUT2D eigenvalue weighted by Gasteiger charge is 2.18. The Morgan fingerprint density at radius 2 is 1.93 bits per heavy atom. The van der Waals surface area contributed by atoms with Crippen molar-refractivity contribution in [2.24, 2.45) is 0 Å². The fraction of sp³-hybridized carbons (Fsp3) is 0.409. The van der Waals surface area contributed by atoms with Gasteiger partial charge in [0.25, 0.3) is 5.91 Å². The fourth-order valence-electron chi connectivity index (χ4n) is 3.79. The van der Waals surface area contributed by atoms with Gasteiger partial charge in [-0.05, 0) is 57.1 Å². The van der Waals surface area contributed by atoms with E-state index < -0.39 is 0 Å². The first-order chi connectivity index (χ1) is 13.7. The molecule has 5 nitrogen and oxygen atoms in total. The van der Waals surface area contributed by atoms with E-state index in [0.29, 0.717) is 19.7 Å². The van der Waals surface area contributed by atoms with Crippen LogP contribution in [0.15, 0.2) is 42.5 Å². The van der Waals surface area contributed by atoms with E-state index in [9.17, 15) is 4.79 Å². The average molecular weight is 398 g/mol. The number of carbonyl (C=O) groups is 1. The van der Waals surface area contributed by atoms with Gasteiger partial charge in [-0.15, -0.1) is 11.3 Å². The molecule has 0 spiro atoms. The van der Waals surface area contributed by atoms with Crippen molar-refractivity contribution in [2.45, 2.75) is 26.3 Å². The van der Waals surface area contributed by atoms with Crippen molar-refractivity contribution in [3.05, 3.63) is 53.0 Å². The maximum Gasteiger partial charge on any atom is 0.268 e. The van der Waals surface area contributed by atoms with Gasteiger partial charge in [-0.1, -0.05) is 18.2 Å². The van der Waals surface area contributed by atoms with E-state index in [1.807, 2.05) is 36.4 Å².